The molecule has 156 valence electrons. The fourth-order valence-corrected chi connectivity index (χ4v) is 7.21. The summed E-state index contributed by atoms with van der Waals surface area (Å²) in [5.74, 6) is -0.0765. The van der Waals surface area contributed by atoms with Crippen molar-refractivity contribution in [2.75, 3.05) is 6.61 Å². The maximum absolute atomic E-state index is 12.3. The average Bonchev–Trinajstić information content (AvgIpc) is 2.40. The molecule has 13 heteroatoms. The second-order valence-corrected chi connectivity index (χ2v) is 11.0. The second kappa shape index (κ2) is 6.29. The van der Waals surface area contributed by atoms with Gasteiger partial charge in [-0.2, -0.15) is 13.2 Å². The molecule has 0 aromatic carbocycles. The number of esters is 1. The van der Waals surface area contributed by atoms with Crippen LogP contribution in [0.3, 0.4) is 0 Å². The number of carbonyl (C=O) groups excluding carboxylic acids is 1. The lowest BCUT2D eigenvalue weighted by molar-refractivity contribution is -0.203. The number of hydrogen-bond donors (Lipinski definition) is 0. The van der Waals surface area contributed by atoms with Crippen LogP contribution < -0.4 is 0 Å². The number of carbonyl (C=O) groups is 1. The molecule has 2 unspecified atom stereocenters. The van der Waals surface area contributed by atoms with Crippen molar-refractivity contribution in [2.24, 2.45) is 17.3 Å². The van der Waals surface area contributed by atoms with E-state index in [1.165, 1.54) is 6.92 Å². The van der Waals surface area contributed by atoms with Crippen LogP contribution in [-0.4, -0.2) is 40.5 Å². The first kappa shape index (κ1) is 20.8. The van der Waals surface area contributed by atoms with Gasteiger partial charge < -0.3 is 8.86 Å². The second-order valence-electron chi connectivity index (χ2n) is 7.92. The van der Waals surface area contributed by atoms with Crippen LogP contribution in [0.5, 0.6) is 0 Å². The zero-order chi connectivity index (χ0) is 20.3. The minimum atomic E-state index is -6.22. The summed E-state index contributed by atoms with van der Waals surface area (Å²) in [6, 6.07) is 0. The Hall–Kier alpha value is -0.920. The topological polar surface area (TPSA) is 118 Å². The molecule has 27 heavy (non-hydrogen) atoms. The van der Waals surface area contributed by atoms with E-state index < -0.39 is 49.4 Å². The smallest absolute Gasteiger partial charge is 0.459 e. The molecule has 0 heterocycles. The highest BCUT2D eigenvalue weighted by molar-refractivity contribution is 8.10. The first-order valence-electron chi connectivity index (χ1n) is 8.29. The van der Waals surface area contributed by atoms with Gasteiger partial charge in [0.25, 0.3) is 0 Å². The summed E-state index contributed by atoms with van der Waals surface area (Å²) in [4.78, 5) is 11.5. The first-order chi connectivity index (χ1) is 12.2. The fourth-order valence-electron chi connectivity index (χ4n) is 5.34. The van der Waals surface area contributed by atoms with Crippen molar-refractivity contribution in [2.45, 2.75) is 56.6 Å². The summed E-state index contributed by atoms with van der Waals surface area (Å²) in [6.45, 7) is 0.787. The van der Waals surface area contributed by atoms with Gasteiger partial charge in [0.1, 0.15) is 5.60 Å². The molecule has 0 aliphatic heterocycles. The van der Waals surface area contributed by atoms with E-state index in [2.05, 4.69) is 4.18 Å². The molecule has 4 bridgehead atoms. The Morgan fingerprint density at radius 1 is 1.11 bits per heavy atom. The van der Waals surface area contributed by atoms with Crippen molar-refractivity contribution >= 4 is 26.3 Å². The molecule has 0 spiro atoms. The molecule has 0 radical (unpaired) electrons. The summed E-state index contributed by atoms with van der Waals surface area (Å²) >= 11 is 0. The van der Waals surface area contributed by atoms with E-state index in [0.717, 1.165) is 6.42 Å². The lowest BCUT2D eigenvalue weighted by atomic mass is 9.48. The third-order valence-electron chi connectivity index (χ3n) is 5.48. The number of ether oxygens (including phenoxy) is 1. The van der Waals surface area contributed by atoms with Gasteiger partial charge in [0.2, 0.25) is 10.3 Å². The van der Waals surface area contributed by atoms with Crippen LogP contribution >= 0.6 is 0 Å². The Morgan fingerprint density at radius 3 is 2.15 bits per heavy atom. The van der Waals surface area contributed by atoms with Gasteiger partial charge in [0, 0.05) is 6.92 Å². The Labute approximate surface area is 155 Å². The van der Waals surface area contributed by atoms with Crippen LogP contribution in [0.15, 0.2) is 0 Å². The predicted molar refractivity (Wildman–Crippen MR) is 84.8 cm³/mol. The van der Waals surface area contributed by atoms with Gasteiger partial charge in [-0.15, -0.1) is 0 Å². The third-order valence-corrected chi connectivity index (χ3v) is 8.00. The Bertz CT molecular complexity index is 823. The highest BCUT2D eigenvalue weighted by Crippen LogP contribution is 2.63. The van der Waals surface area contributed by atoms with Crippen LogP contribution in [0.1, 0.15) is 45.4 Å². The van der Waals surface area contributed by atoms with Crippen LogP contribution in [0.25, 0.3) is 4.13 Å². The zero-order valence-electron chi connectivity index (χ0n) is 14.4. The molecule has 4 saturated carbocycles. The minimum absolute atomic E-state index is 0.188. The van der Waals surface area contributed by atoms with Crippen molar-refractivity contribution in [3.63, 3.8) is 0 Å². The van der Waals surface area contributed by atoms with Crippen LogP contribution in [-0.2, 0) is 34.0 Å². The molecule has 0 N–H and O–H groups in total. The van der Waals surface area contributed by atoms with E-state index in [0.29, 0.717) is 32.1 Å². The number of hydrogen-bond acceptors (Lipinski definition) is 7. The van der Waals surface area contributed by atoms with E-state index in [4.69, 9.17) is 4.74 Å². The molecule has 4 aliphatic carbocycles. The molecular weight excluding hydrogens is 415 g/mol. The first-order valence-corrected chi connectivity index (χ1v) is 11.1. The standard InChI is InChI=1S/C14H19F3NO7S2/c1-9(19)25-13-5-10-2-11(6-13)4-12(3-10,7-13)8-24-27(22,23)18-26(20,21)14(15,16)17/h10-11H,2-8H2,1H3/q-1. The van der Waals surface area contributed by atoms with Crippen LogP contribution in [0, 0.1) is 17.3 Å². The van der Waals surface area contributed by atoms with E-state index >= 15 is 0 Å². The van der Waals surface area contributed by atoms with Crippen molar-refractivity contribution < 1.29 is 43.7 Å². The quantitative estimate of drug-likeness (QED) is 0.589. The lowest BCUT2D eigenvalue weighted by Gasteiger charge is -2.61. The van der Waals surface area contributed by atoms with Gasteiger partial charge in [0.15, 0.2) is 10.0 Å². The molecule has 0 aromatic heterocycles. The Balaban J connectivity index is 1.73. The molecular formula is C14H19F3NO7S2-. The average molecular weight is 434 g/mol. The molecule has 4 rings (SSSR count). The summed E-state index contributed by atoms with van der Waals surface area (Å²) in [5, 5.41) is 0. The SMILES string of the molecule is CC(=O)OC12CC3CC(CC(COS(=O)(=O)[N-]S(=O)(=O)C(F)(F)F)(C3)C1)C2. The Kier molecular flexibility index (Phi) is 4.85. The van der Waals surface area contributed by atoms with E-state index in [-0.39, 0.29) is 11.8 Å². The fraction of sp³-hybridized carbons (Fsp3) is 0.929. The number of alkyl halides is 3. The van der Waals surface area contributed by atoms with Gasteiger partial charge in [-0.1, -0.05) is 0 Å². The Morgan fingerprint density at radius 2 is 1.67 bits per heavy atom. The van der Waals surface area contributed by atoms with Gasteiger partial charge in [-0.25, -0.2) is 16.8 Å². The monoisotopic (exact) mass is 434 g/mol. The van der Waals surface area contributed by atoms with Crippen LogP contribution in [0.4, 0.5) is 13.2 Å². The maximum atomic E-state index is 12.3. The summed E-state index contributed by atoms with van der Waals surface area (Å²) in [6.07, 6.45) is 3.70. The number of halogens is 3. The molecule has 4 aliphatic rings. The number of sulfonamides is 1. The van der Waals surface area contributed by atoms with Crippen LogP contribution in [0.2, 0.25) is 0 Å². The highest BCUT2D eigenvalue weighted by Gasteiger charge is 2.59. The van der Waals surface area contributed by atoms with E-state index in [1.54, 1.807) is 0 Å². The normalized spacial score (nSPS) is 36.0. The van der Waals surface area contributed by atoms with Crippen molar-refractivity contribution in [3.8, 4) is 0 Å². The molecule has 4 fully saturated rings. The van der Waals surface area contributed by atoms with Crippen molar-refractivity contribution in [1.82, 2.24) is 0 Å². The minimum Gasteiger partial charge on any atom is -0.459 e. The predicted octanol–water partition coefficient (Wildman–Crippen LogP) is 2.37. The van der Waals surface area contributed by atoms with Gasteiger partial charge in [-0.05, 0) is 55.8 Å². The van der Waals surface area contributed by atoms with Gasteiger partial charge >= 0.3 is 11.5 Å². The third kappa shape index (κ3) is 4.25. The van der Waals surface area contributed by atoms with E-state index in [1.807, 2.05) is 4.13 Å². The largest absolute Gasteiger partial charge is 0.480 e. The highest BCUT2D eigenvalue weighted by atomic mass is 32.3. The molecule has 2 atom stereocenters. The molecule has 0 saturated heterocycles. The van der Waals surface area contributed by atoms with Gasteiger partial charge in [-0.3, -0.25) is 8.98 Å². The van der Waals surface area contributed by atoms with Crippen molar-refractivity contribution in [1.29, 1.82) is 0 Å². The number of rotatable bonds is 6. The number of nitrogens with zero attached hydrogens (tertiary/aromatic N) is 1. The van der Waals surface area contributed by atoms with Crippen molar-refractivity contribution in [3.05, 3.63) is 4.13 Å². The summed E-state index contributed by atoms with van der Waals surface area (Å²) < 4.78 is 94.3. The molecule has 0 aromatic rings. The zero-order valence-corrected chi connectivity index (χ0v) is 16.0. The maximum Gasteiger partial charge on any atom is 0.480 e. The summed E-state index contributed by atoms with van der Waals surface area (Å²) in [5.41, 5.74) is -7.26. The van der Waals surface area contributed by atoms with Gasteiger partial charge in [0.05, 0.1) is 6.61 Å². The van der Waals surface area contributed by atoms with E-state index in [9.17, 15) is 34.8 Å². The summed E-state index contributed by atoms with van der Waals surface area (Å²) in [7, 11) is -11.5. The lowest BCUT2D eigenvalue weighted by Crippen LogP contribution is -2.58. The molecule has 8 nitrogen and oxygen atoms in total. The molecule has 0 amide bonds.